The molecule has 2 amide bonds. The molecule has 1 aromatic heterocycles. The number of hydrogen-bond acceptors (Lipinski definition) is 6. The number of amides is 2. The number of thiazole rings is 1. The molecule has 7 nitrogen and oxygen atoms in total. The van der Waals surface area contributed by atoms with Crippen LogP contribution in [-0.4, -0.2) is 58.5 Å². The largest absolute Gasteiger partial charge is 0.481 e. The number of urea groups is 1. The first-order chi connectivity index (χ1) is 15.1. The highest BCUT2D eigenvalue weighted by molar-refractivity contribution is 8.01. The molecule has 0 aliphatic heterocycles. The van der Waals surface area contributed by atoms with Crippen LogP contribution in [-0.2, 0) is 9.53 Å². The molecule has 0 spiro atoms. The first-order valence-electron chi connectivity index (χ1n) is 11.5. The number of ether oxygens (including phenoxy) is 1. The molecule has 2 aliphatic carbocycles. The number of carboxylic acids is 1. The number of rotatable bonds is 9. The maximum Gasteiger partial charge on any atom is 0.324 e. The van der Waals surface area contributed by atoms with Crippen molar-refractivity contribution in [3.05, 3.63) is 6.20 Å². The van der Waals surface area contributed by atoms with Gasteiger partial charge < -0.3 is 14.7 Å². The Kier molecular flexibility index (Phi) is 9.93. The Morgan fingerprint density at radius 3 is 2.48 bits per heavy atom. The highest BCUT2D eigenvalue weighted by atomic mass is 32.2. The fraction of sp³-hybridized carbons (Fsp3) is 0.773. The molecule has 3 rings (SSSR count). The molecule has 9 heteroatoms. The molecule has 0 atom stereocenters. The smallest absolute Gasteiger partial charge is 0.324 e. The number of anilines is 1. The van der Waals surface area contributed by atoms with Crippen LogP contribution in [0.1, 0.15) is 70.6 Å². The molecule has 2 aliphatic rings. The number of methoxy groups -OCH3 is 1. The molecule has 2 N–H and O–H groups in total. The van der Waals surface area contributed by atoms with Gasteiger partial charge in [0.2, 0.25) is 0 Å². The summed E-state index contributed by atoms with van der Waals surface area (Å²) in [6, 6.07) is 0.551. The standard InChI is InChI=1S/C22H35N3O4S2/c1-29-15-16-8-10-18(11-9-16)25(17-6-4-2-3-5-7-17)22(28)24-21-23-14-20(31-21)30-13-12-19(26)27/h14,16-18H,2-13,15H2,1H3,(H,26,27)(H,23,24,28)/t16-,18-. The molecular formula is C22H35N3O4S2. The van der Waals surface area contributed by atoms with Gasteiger partial charge in [0, 0.05) is 31.6 Å². The lowest BCUT2D eigenvalue weighted by Crippen LogP contribution is -2.50. The Morgan fingerprint density at radius 1 is 1.16 bits per heavy atom. The molecule has 0 radical (unpaired) electrons. The van der Waals surface area contributed by atoms with Crippen molar-refractivity contribution in [1.29, 1.82) is 0 Å². The van der Waals surface area contributed by atoms with Crippen molar-refractivity contribution in [3.8, 4) is 0 Å². The van der Waals surface area contributed by atoms with Crippen LogP contribution in [0.3, 0.4) is 0 Å². The first-order valence-corrected chi connectivity index (χ1v) is 13.3. The quantitative estimate of drug-likeness (QED) is 0.368. The van der Waals surface area contributed by atoms with Gasteiger partial charge in [-0.2, -0.15) is 0 Å². The van der Waals surface area contributed by atoms with Crippen molar-refractivity contribution in [2.45, 2.75) is 86.9 Å². The number of carbonyl (C=O) groups excluding carboxylic acids is 1. The average Bonchev–Trinajstić information content (AvgIpc) is 3.01. The number of carbonyl (C=O) groups is 2. The zero-order chi connectivity index (χ0) is 22.1. The molecule has 0 bridgehead atoms. The van der Waals surface area contributed by atoms with Gasteiger partial charge >= 0.3 is 12.0 Å². The summed E-state index contributed by atoms with van der Waals surface area (Å²) in [5.74, 6) is 0.304. The fourth-order valence-corrected chi connectivity index (χ4v) is 6.64. The van der Waals surface area contributed by atoms with Crippen LogP contribution in [0, 0.1) is 5.92 Å². The molecule has 0 unspecified atom stereocenters. The molecule has 1 aromatic rings. The van der Waals surface area contributed by atoms with E-state index in [4.69, 9.17) is 9.84 Å². The Balaban J connectivity index is 1.63. The maximum absolute atomic E-state index is 13.4. The number of thioether (sulfide) groups is 1. The number of nitrogens with zero attached hydrogens (tertiary/aromatic N) is 2. The van der Waals surface area contributed by atoms with Crippen LogP contribution in [0.15, 0.2) is 10.4 Å². The summed E-state index contributed by atoms with van der Waals surface area (Å²) in [7, 11) is 1.76. The monoisotopic (exact) mass is 469 g/mol. The lowest BCUT2D eigenvalue weighted by molar-refractivity contribution is -0.136. The van der Waals surface area contributed by atoms with Gasteiger partial charge in [-0.3, -0.25) is 10.1 Å². The van der Waals surface area contributed by atoms with E-state index in [1.807, 2.05) is 0 Å². The van der Waals surface area contributed by atoms with Crippen molar-refractivity contribution >= 4 is 40.2 Å². The zero-order valence-corrected chi connectivity index (χ0v) is 20.0. The lowest BCUT2D eigenvalue weighted by atomic mass is 9.85. The van der Waals surface area contributed by atoms with Gasteiger partial charge in [-0.05, 0) is 44.4 Å². The van der Waals surface area contributed by atoms with Crippen molar-refractivity contribution in [1.82, 2.24) is 9.88 Å². The Labute approximate surface area is 193 Å². The second kappa shape index (κ2) is 12.6. The molecule has 0 aromatic carbocycles. The van der Waals surface area contributed by atoms with E-state index in [-0.39, 0.29) is 18.5 Å². The Hall–Kier alpha value is -1.32. The van der Waals surface area contributed by atoms with E-state index in [9.17, 15) is 9.59 Å². The van der Waals surface area contributed by atoms with Gasteiger partial charge in [-0.25, -0.2) is 9.78 Å². The van der Waals surface area contributed by atoms with E-state index in [2.05, 4.69) is 15.2 Å². The minimum Gasteiger partial charge on any atom is -0.481 e. The van der Waals surface area contributed by atoms with Gasteiger partial charge in [0.1, 0.15) is 0 Å². The molecule has 2 fully saturated rings. The predicted octanol–water partition coefficient (Wildman–Crippen LogP) is 5.47. The van der Waals surface area contributed by atoms with E-state index in [0.717, 1.165) is 49.3 Å². The SMILES string of the molecule is COC[C@H]1CC[C@H](N(C(=O)Nc2ncc(SCCC(=O)O)s2)C2CCCCCC2)CC1. The Morgan fingerprint density at radius 2 is 1.84 bits per heavy atom. The topological polar surface area (TPSA) is 91.8 Å². The van der Waals surface area contributed by atoms with Crippen molar-refractivity contribution in [2.24, 2.45) is 5.92 Å². The zero-order valence-electron chi connectivity index (χ0n) is 18.4. The molecule has 2 saturated carbocycles. The Bertz CT molecular complexity index is 699. The summed E-state index contributed by atoms with van der Waals surface area (Å²) in [5.41, 5.74) is 0. The van der Waals surface area contributed by atoms with Crippen molar-refractivity contribution < 1.29 is 19.4 Å². The molecule has 31 heavy (non-hydrogen) atoms. The normalized spacial score (nSPS) is 22.6. The number of aromatic nitrogens is 1. The number of hydrogen-bond donors (Lipinski definition) is 2. The summed E-state index contributed by atoms with van der Waals surface area (Å²) in [6.45, 7) is 0.809. The molecular weight excluding hydrogens is 434 g/mol. The van der Waals surface area contributed by atoms with E-state index in [1.165, 1.54) is 48.8 Å². The molecule has 174 valence electrons. The third kappa shape index (κ3) is 7.64. The number of nitrogens with one attached hydrogen (secondary N) is 1. The number of carboxylic acid groups (broad SMARTS) is 1. The second-order valence-corrected chi connectivity index (χ2v) is 11.0. The van der Waals surface area contributed by atoms with Crippen LogP contribution in [0.25, 0.3) is 0 Å². The van der Waals surface area contributed by atoms with Gasteiger partial charge in [-0.1, -0.05) is 37.0 Å². The van der Waals surface area contributed by atoms with E-state index in [0.29, 0.717) is 22.8 Å². The summed E-state index contributed by atoms with van der Waals surface area (Å²) < 4.78 is 6.27. The molecule has 0 saturated heterocycles. The summed E-state index contributed by atoms with van der Waals surface area (Å²) in [4.78, 5) is 30.6. The van der Waals surface area contributed by atoms with E-state index >= 15 is 0 Å². The van der Waals surface area contributed by atoms with Crippen LogP contribution in [0.4, 0.5) is 9.93 Å². The van der Waals surface area contributed by atoms with E-state index in [1.54, 1.807) is 13.3 Å². The van der Waals surface area contributed by atoms with Crippen molar-refractivity contribution in [3.63, 3.8) is 0 Å². The summed E-state index contributed by atoms with van der Waals surface area (Å²) >= 11 is 2.89. The first kappa shape index (κ1) is 24.3. The highest BCUT2D eigenvalue weighted by Crippen LogP contribution is 2.34. The third-order valence-corrected chi connectivity index (χ3v) is 8.43. The van der Waals surface area contributed by atoms with Gasteiger partial charge in [0.15, 0.2) is 5.13 Å². The third-order valence-electron chi connectivity index (χ3n) is 6.32. The second-order valence-electron chi connectivity index (χ2n) is 8.59. The summed E-state index contributed by atoms with van der Waals surface area (Å²) in [5, 5.41) is 12.4. The van der Waals surface area contributed by atoms with Crippen LogP contribution < -0.4 is 5.32 Å². The van der Waals surface area contributed by atoms with Crippen LogP contribution in [0.5, 0.6) is 0 Å². The lowest BCUT2D eigenvalue weighted by Gasteiger charge is -2.41. The van der Waals surface area contributed by atoms with Crippen molar-refractivity contribution in [2.75, 3.05) is 24.8 Å². The fourth-order valence-electron chi connectivity index (χ4n) is 4.77. The van der Waals surface area contributed by atoms with Gasteiger partial charge in [0.25, 0.3) is 0 Å². The van der Waals surface area contributed by atoms with Crippen LogP contribution >= 0.6 is 23.1 Å². The van der Waals surface area contributed by atoms with Gasteiger partial charge in [0.05, 0.1) is 16.8 Å². The van der Waals surface area contributed by atoms with Crippen LogP contribution in [0.2, 0.25) is 0 Å². The average molecular weight is 470 g/mol. The number of aliphatic carboxylic acids is 1. The minimum atomic E-state index is -0.801. The van der Waals surface area contributed by atoms with Gasteiger partial charge in [-0.15, -0.1) is 11.8 Å². The summed E-state index contributed by atoms with van der Waals surface area (Å²) in [6.07, 6.45) is 13.2. The maximum atomic E-state index is 13.4. The van der Waals surface area contributed by atoms with E-state index < -0.39 is 5.97 Å². The highest BCUT2D eigenvalue weighted by Gasteiger charge is 2.34. The predicted molar refractivity (Wildman–Crippen MR) is 125 cm³/mol. The minimum absolute atomic E-state index is 0.0291. The molecule has 1 heterocycles.